The average molecular weight is 612 g/mol. The monoisotopic (exact) mass is 610 g/mol. The number of carbonyl (C=O) groups excluding carboxylic acids is 1. The second-order valence-corrected chi connectivity index (χ2v) is 14.7. The summed E-state index contributed by atoms with van der Waals surface area (Å²) < 4.78 is 0. The zero-order valence-corrected chi connectivity index (χ0v) is 27.0. The van der Waals surface area contributed by atoms with Crippen molar-refractivity contribution in [2.45, 2.75) is 48.0 Å². The second-order valence-electron chi connectivity index (χ2n) is 11.3. The molecule has 3 heteroatoms. The molecular formula is C37H40BrOP. The topological polar surface area (TPSA) is 17.1 Å². The van der Waals surface area contributed by atoms with Gasteiger partial charge in [-0.15, -0.1) is 0 Å². The predicted molar refractivity (Wildman–Crippen MR) is 172 cm³/mol. The Kier molecular flexibility index (Phi) is 10.6. The molecule has 0 saturated heterocycles. The highest BCUT2D eigenvalue weighted by atomic mass is 79.9. The van der Waals surface area contributed by atoms with Crippen molar-refractivity contribution in [2.75, 3.05) is 0 Å². The SMILES string of the molecule is CC(C)=CC=CC(C)=CC(=C1C(C)=CC(=O)CC1(C)C)[P+](c1ccccc1)(c1ccccc1)c1ccccc1.[Br-]. The quantitative estimate of drug-likeness (QED) is 0.249. The van der Waals surface area contributed by atoms with Crippen LogP contribution in [0.5, 0.6) is 0 Å². The molecule has 0 radical (unpaired) electrons. The van der Waals surface area contributed by atoms with Gasteiger partial charge in [0.1, 0.15) is 28.5 Å². The van der Waals surface area contributed by atoms with E-state index in [4.69, 9.17) is 0 Å². The first-order valence-corrected chi connectivity index (χ1v) is 15.5. The third-order valence-electron chi connectivity index (χ3n) is 7.27. The zero-order valence-electron chi connectivity index (χ0n) is 24.5. The fraction of sp³-hybridized carbons (Fsp3) is 0.216. The molecule has 0 fully saturated rings. The number of benzene rings is 3. The van der Waals surface area contributed by atoms with Crippen molar-refractivity contribution in [1.29, 1.82) is 0 Å². The van der Waals surface area contributed by atoms with Crippen LogP contribution in [-0.2, 0) is 4.79 Å². The molecule has 0 amide bonds. The summed E-state index contributed by atoms with van der Waals surface area (Å²) in [4.78, 5) is 12.8. The molecule has 3 aromatic carbocycles. The molecular weight excluding hydrogens is 571 g/mol. The van der Waals surface area contributed by atoms with Gasteiger partial charge in [-0.25, -0.2) is 0 Å². The highest BCUT2D eigenvalue weighted by Gasteiger charge is 2.52. The molecule has 1 aliphatic rings. The van der Waals surface area contributed by atoms with Gasteiger partial charge < -0.3 is 17.0 Å². The van der Waals surface area contributed by atoms with Crippen LogP contribution in [0.1, 0.15) is 48.0 Å². The molecule has 0 bridgehead atoms. The number of rotatable bonds is 7. The van der Waals surface area contributed by atoms with E-state index >= 15 is 0 Å². The van der Waals surface area contributed by atoms with Gasteiger partial charge in [0.15, 0.2) is 5.78 Å². The number of hydrogen-bond donors (Lipinski definition) is 0. The first kappa shape index (κ1) is 31.5. The molecule has 0 aromatic heterocycles. The molecule has 0 spiro atoms. The Morgan fingerprint density at radius 2 is 1.23 bits per heavy atom. The molecule has 40 heavy (non-hydrogen) atoms. The Balaban J connectivity index is 0.00000441. The first-order chi connectivity index (χ1) is 18.7. The maximum atomic E-state index is 12.8. The number of hydrogen-bond acceptors (Lipinski definition) is 1. The van der Waals surface area contributed by atoms with E-state index in [0.717, 1.165) is 5.57 Å². The second kappa shape index (κ2) is 13.5. The summed E-state index contributed by atoms with van der Waals surface area (Å²) in [5.41, 5.74) is 4.48. The van der Waals surface area contributed by atoms with Crippen LogP contribution in [0.25, 0.3) is 0 Å². The maximum Gasteiger partial charge on any atom is 0.156 e. The zero-order chi connectivity index (χ0) is 28.0. The van der Waals surface area contributed by atoms with Crippen molar-refractivity contribution in [3.63, 3.8) is 0 Å². The van der Waals surface area contributed by atoms with Gasteiger partial charge in [0, 0.05) is 17.4 Å². The van der Waals surface area contributed by atoms with Crippen molar-refractivity contribution in [2.24, 2.45) is 5.41 Å². The Hall–Kier alpha value is -3.06. The van der Waals surface area contributed by atoms with Crippen LogP contribution in [-0.4, -0.2) is 5.78 Å². The van der Waals surface area contributed by atoms with E-state index in [1.54, 1.807) is 0 Å². The Morgan fingerprint density at radius 1 is 0.775 bits per heavy atom. The van der Waals surface area contributed by atoms with Crippen molar-refractivity contribution < 1.29 is 21.8 Å². The Bertz CT molecular complexity index is 1370. The Labute approximate surface area is 252 Å². The van der Waals surface area contributed by atoms with Crippen molar-refractivity contribution in [3.8, 4) is 0 Å². The fourth-order valence-corrected chi connectivity index (χ4v) is 10.6. The lowest BCUT2D eigenvalue weighted by Crippen LogP contribution is -3.00. The normalized spacial score (nSPS) is 16.7. The van der Waals surface area contributed by atoms with E-state index in [2.05, 4.69) is 157 Å². The largest absolute Gasteiger partial charge is 1.00 e. The lowest BCUT2D eigenvalue weighted by atomic mass is 9.72. The molecule has 0 unspecified atom stereocenters. The number of halogens is 1. The minimum absolute atomic E-state index is 0. The number of allylic oxidation sites excluding steroid dienone is 10. The number of ketones is 1. The van der Waals surface area contributed by atoms with Crippen LogP contribution in [0, 0.1) is 5.41 Å². The fourth-order valence-electron chi connectivity index (χ4n) is 5.78. The summed E-state index contributed by atoms with van der Waals surface area (Å²) in [5.74, 6) is 0.202. The van der Waals surface area contributed by atoms with Gasteiger partial charge in [-0.05, 0) is 87.4 Å². The van der Waals surface area contributed by atoms with Crippen molar-refractivity contribution in [1.82, 2.24) is 0 Å². The smallest absolute Gasteiger partial charge is 0.156 e. The maximum absolute atomic E-state index is 12.8. The van der Waals surface area contributed by atoms with Crippen LogP contribution in [0.4, 0.5) is 0 Å². The summed E-state index contributed by atoms with van der Waals surface area (Å²) in [5, 5.41) is 5.24. The van der Waals surface area contributed by atoms with Crippen molar-refractivity contribution >= 4 is 29.0 Å². The number of carbonyl (C=O) groups is 1. The highest BCUT2D eigenvalue weighted by Crippen LogP contribution is 2.66. The van der Waals surface area contributed by atoms with E-state index in [1.807, 2.05) is 6.08 Å². The Morgan fingerprint density at radius 3 is 1.62 bits per heavy atom. The standard InChI is InChI=1S/C37H40OP.BrH/c1-28(2)17-16-18-29(3)25-35(36-30(4)26-31(38)27-37(36,5)6)39(32-19-10-7-11-20-32,33-21-12-8-13-22-33)34-23-14-9-15-24-34;/h7-26H,27H2,1-6H3;1H/q+1;/p-1. The van der Waals surface area contributed by atoms with Gasteiger partial charge >= 0.3 is 0 Å². The van der Waals surface area contributed by atoms with Crippen LogP contribution in [0.2, 0.25) is 0 Å². The van der Waals surface area contributed by atoms with Gasteiger partial charge in [-0.2, -0.15) is 0 Å². The minimum atomic E-state index is -2.37. The molecule has 206 valence electrons. The summed E-state index contributed by atoms with van der Waals surface area (Å²) >= 11 is 0. The van der Waals surface area contributed by atoms with Gasteiger partial charge in [0.05, 0.1) is 0 Å². The van der Waals surface area contributed by atoms with Gasteiger partial charge in [-0.3, -0.25) is 4.79 Å². The summed E-state index contributed by atoms with van der Waals surface area (Å²) in [7, 11) is -2.37. The van der Waals surface area contributed by atoms with E-state index < -0.39 is 7.26 Å². The lowest BCUT2D eigenvalue weighted by Gasteiger charge is -2.37. The minimum Gasteiger partial charge on any atom is -1.00 e. The van der Waals surface area contributed by atoms with E-state index in [-0.39, 0.29) is 28.2 Å². The first-order valence-electron chi connectivity index (χ1n) is 13.7. The summed E-state index contributed by atoms with van der Waals surface area (Å²) in [6, 6.07) is 32.9. The molecule has 0 N–H and O–H groups in total. The van der Waals surface area contributed by atoms with Crippen LogP contribution < -0.4 is 32.9 Å². The molecule has 0 saturated carbocycles. The van der Waals surface area contributed by atoms with Crippen molar-refractivity contribution in [3.05, 3.63) is 149 Å². The lowest BCUT2D eigenvalue weighted by molar-refractivity contribution is -0.116. The summed E-state index contributed by atoms with van der Waals surface area (Å²) in [6.45, 7) is 13.0. The predicted octanol–water partition coefficient (Wildman–Crippen LogP) is 5.65. The van der Waals surface area contributed by atoms with Gasteiger partial charge in [0.25, 0.3) is 0 Å². The molecule has 3 aromatic rings. The van der Waals surface area contributed by atoms with Gasteiger partial charge in [-0.1, -0.05) is 92.2 Å². The molecule has 1 aliphatic carbocycles. The molecule has 1 nitrogen and oxygen atoms in total. The van der Waals surface area contributed by atoms with E-state index in [0.29, 0.717) is 6.42 Å². The molecule has 0 heterocycles. The third kappa shape index (κ3) is 6.63. The highest BCUT2D eigenvalue weighted by molar-refractivity contribution is 7.99. The molecule has 4 rings (SSSR count). The van der Waals surface area contributed by atoms with Gasteiger partial charge in [0.2, 0.25) is 0 Å². The third-order valence-corrected chi connectivity index (χ3v) is 11.6. The summed E-state index contributed by atoms with van der Waals surface area (Å²) in [6.07, 6.45) is 11.2. The molecule has 0 atom stereocenters. The van der Waals surface area contributed by atoms with Crippen LogP contribution >= 0.6 is 7.26 Å². The van der Waals surface area contributed by atoms with E-state index in [1.165, 1.54) is 37.9 Å². The van der Waals surface area contributed by atoms with Crippen LogP contribution in [0.3, 0.4) is 0 Å². The average Bonchev–Trinajstić information content (AvgIpc) is 2.89. The molecule has 0 aliphatic heterocycles. The van der Waals surface area contributed by atoms with Crippen LogP contribution in [0.15, 0.2) is 149 Å². The van der Waals surface area contributed by atoms with E-state index in [9.17, 15) is 4.79 Å².